The summed E-state index contributed by atoms with van der Waals surface area (Å²) in [6.45, 7) is 3.12. The van der Waals surface area contributed by atoms with Crippen LogP contribution < -0.4 is 5.73 Å². The Labute approximate surface area is 210 Å². The highest BCUT2D eigenvalue weighted by molar-refractivity contribution is 5.73. The zero-order valence-electron chi connectivity index (χ0n) is 20.3. The summed E-state index contributed by atoms with van der Waals surface area (Å²) in [4.78, 5) is 30.0. The van der Waals surface area contributed by atoms with Crippen molar-refractivity contribution in [1.29, 1.82) is 0 Å². The molecule has 2 fully saturated rings. The fraction of sp³-hybridized carbons (Fsp3) is 0.538. The van der Waals surface area contributed by atoms with Crippen molar-refractivity contribution < 1.29 is 34.4 Å². The minimum atomic E-state index is -1.36. The van der Waals surface area contributed by atoms with E-state index in [0.717, 1.165) is 74.6 Å². The number of aliphatic hydroxyl groups is 1. The van der Waals surface area contributed by atoms with Crippen LogP contribution in [0.3, 0.4) is 0 Å². The predicted molar refractivity (Wildman–Crippen MR) is 131 cm³/mol. The number of ether oxygens (including phenoxy) is 2. The van der Waals surface area contributed by atoms with Gasteiger partial charge in [0.25, 0.3) is 0 Å². The van der Waals surface area contributed by atoms with Crippen molar-refractivity contribution in [3.05, 3.63) is 59.2 Å². The van der Waals surface area contributed by atoms with Gasteiger partial charge >= 0.3 is 11.9 Å². The second kappa shape index (κ2) is 14.0. The Balaban J connectivity index is 0.000000201. The molecular formula is C26H35N3O7. The standard InChI is InChI=1S/C13H18N2O3.C13H17NO4/c14-11(13(16)17)7-9-1-2-12(15-8-9)10-3-5-18-6-4-10;15-12(13(16)17)7-9-1-2-11(14-8-9)10-3-5-18-6-4-10/h1-2,8,10-11H,3-7,14H2,(H,16,17);1-2,8,10,12,15H,3-7H2,(H,16,17)/t11-;12-/m00/s1. The molecular weight excluding hydrogens is 466 g/mol. The lowest BCUT2D eigenvalue weighted by molar-refractivity contribution is -0.146. The molecule has 0 bridgehead atoms. The molecule has 2 atom stereocenters. The number of aliphatic carboxylic acids is 2. The number of aromatic nitrogens is 2. The molecule has 4 heterocycles. The molecule has 2 aromatic heterocycles. The van der Waals surface area contributed by atoms with Gasteiger partial charge in [0.1, 0.15) is 6.04 Å². The van der Waals surface area contributed by atoms with Crippen molar-refractivity contribution in [1.82, 2.24) is 9.97 Å². The number of aliphatic hydroxyl groups excluding tert-OH is 1. The van der Waals surface area contributed by atoms with E-state index >= 15 is 0 Å². The number of carbonyl (C=O) groups is 2. The highest BCUT2D eigenvalue weighted by Crippen LogP contribution is 2.26. The first-order chi connectivity index (χ1) is 17.3. The Morgan fingerprint density at radius 3 is 1.61 bits per heavy atom. The van der Waals surface area contributed by atoms with E-state index in [-0.39, 0.29) is 6.42 Å². The highest BCUT2D eigenvalue weighted by atomic mass is 16.5. The van der Waals surface area contributed by atoms with Crippen LogP contribution in [0.1, 0.15) is 60.0 Å². The molecule has 2 aromatic rings. The molecule has 10 nitrogen and oxygen atoms in total. The fourth-order valence-electron chi connectivity index (χ4n) is 4.23. The van der Waals surface area contributed by atoms with Crippen LogP contribution in [0.25, 0.3) is 0 Å². The van der Waals surface area contributed by atoms with Crippen LogP contribution in [-0.2, 0) is 31.9 Å². The van der Waals surface area contributed by atoms with Crippen LogP contribution in [0.2, 0.25) is 0 Å². The molecule has 2 aliphatic rings. The summed E-state index contributed by atoms with van der Waals surface area (Å²) in [6, 6.07) is 6.78. The fourth-order valence-corrected chi connectivity index (χ4v) is 4.23. The molecule has 196 valence electrons. The molecule has 0 spiro atoms. The van der Waals surface area contributed by atoms with Crippen molar-refractivity contribution in [3.63, 3.8) is 0 Å². The molecule has 0 aliphatic carbocycles. The number of carboxylic acid groups (broad SMARTS) is 2. The van der Waals surface area contributed by atoms with E-state index in [2.05, 4.69) is 9.97 Å². The zero-order chi connectivity index (χ0) is 25.9. The highest BCUT2D eigenvalue weighted by Gasteiger charge is 2.19. The third kappa shape index (κ3) is 8.63. The summed E-state index contributed by atoms with van der Waals surface area (Å²) in [7, 11) is 0. The van der Waals surface area contributed by atoms with Crippen molar-refractivity contribution in [3.8, 4) is 0 Å². The minimum Gasteiger partial charge on any atom is -0.480 e. The Kier molecular flexibility index (Phi) is 10.7. The van der Waals surface area contributed by atoms with Crippen molar-refractivity contribution in [2.75, 3.05) is 26.4 Å². The number of carboxylic acids is 2. The summed E-state index contributed by atoms with van der Waals surface area (Å²) in [5.74, 6) is -1.30. The van der Waals surface area contributed by atoms with Gasteiger partial charge < -0.3 is 30.5 Å². The van der Waals surface area contributed by atoms with Gasteiger partial charge in [0.2, 0.25) is 0 Å². The topological polar surface area (TPSA) is 165 Å². The molecule has 5 N–H and O–H groups in total. The van der Waals surface area contributed by atoms with Crippen LogP contribution in [0, 0.1) is 0 Å². The van der Waals surface area contributed by atoms with Crippen molar-refractivity contribution in [2.45, 2.75) is 62.5 Å². The number of hydrogen-bond acceptors (Lipinski definition) is 8. The summed E-state index contributed by atoms with van der Waals surface area (Å²) in [6.07, 6.45) is 6.38. The molecule has 0 saturated carbocycles. The smallest absolute Gasteiger partial charge is 0.332 e. The van der Waals surface area contributed by atoms with E-state index in [0.29, 0.717) is 18.3 Å². The van der Waals surface area contributed by atoms with Crippen LogP contribution in [0.5, 0.6) is 0 Å². The van der Waals surface area contributed by atoms with Gasteiger partial charge in [0.05, 0.1) is 0 Å². The summed E-state index contributed by atoms with van der Waals surface area (Å²) in [5, 5.41) is 26.6. The van der Waals surface area contributed by atoms with Crippen molar-refractivity contribution >= 4 is 11.9 Å². The first-order valence-electron chi connectivity index (χ1n) is 12.3. The van der Waals surface area contributed by atoms with Gasteiger partial charge in [-0.15, -0.1) is 0 Å². The maximum atomic E-state index is 10.7. The van der Waals surface area contributed by atoms with Crippen molar-refractivity contribution in [2.24, 2.45) is 5.73 Å². The largest absolute Gasteiger partial charge is 0.480 e. The van der Waals surface area contributed by atoms with Gasteiger partial charge in [-0.2, -0.15) is 0 Å². The normalized spacial score (nSPS) is 18.5. The molecule has 0 unspecified atom stereocenters. The van der Waals surface area contributed by atoms with Gasteiger partial charge in [-0.3, -0.25) is 14.8 Å². The number of hydrogen-bond donors (Lipinski definition) is 4. The lowest BCUT2D eigenvalue weighted by atomic mass is 9.95. The lowest BCUT2D eigenvalue weighted by Crippen LogP contribution is -2.32. The monoisotopic (exact) mass is 501 g/mol. The minimum absolute atomic E-state index is 0.0936. The Morgan fingerprint density at radius 1 is 0.806 bits per heavy atom. The van der Waals surface area contributed by atoms with E-state index < -0.39 is 24.1 Å². The molecule has 0 radical (unpaired) electrons. The van der Waals surface area contributed by atoms with Gasteiger partial charge in [0, 0.05) is 68.5 Å². The molecule has 0 amide bonds. The first kappa shape index (κ1) is 27.7. The van der Waals surface area contributed by atoms with E-state index in [1.807, 2.05) is 24.3 Å². The average Bonchev–Trinajstić information content (AvgIpc) is 2.91. The van der Waals surface area contributed by atoms with Crippen LogP contribution in [0.4, 0.5) is 0 Å². The predicted octanol–water partition coefficient (Wildman–Crippen LogP) is 1.89. The first-order valence-corrected chi connectivity index (χ1v) is 12.3. The SMILES string of the molecule is N[C@@H](Cc1ccc(C2CCOCC2)nc1)C(=O)O.O=C(O)[C@@H](O)Cc1ccc(C2CCOCC2)nc1. The summed E-state index contributed by atoms with van der Waals surface area (Å²) in [5.41, 5.74) is 9.17. The van der Waals surface area contributed by atoms with Crippen LogP contribution >= 0.6 is 0 Å². The van der Waals surface area contributed by atoms with Gasteiger partial charge in [-0.1, -0.05) is 12.1 Å². The second-order valence-corrected chi connectivity index (χ2v) is 9.16. The molecule has 2 aliphatic heterocycles. The van der Waals surface area contributed by atoms with E-state index in [4.69, 9.17) is 25.4 Å². The average molecular weight is 502 g/mol. The molecule has 2 saturated heterocycles. The third-order valence-electron chi connectivity index (χ3n) is 6.46. The Morgan fingerprint density at radius 2 is 1.25 bits per heavy atom. The number of nitrogens with zero attached hydrogens (tertiary/aromatic N) is 2. The maximum Gasteiger partial charge on any atom is 0.332 e. The summed E-state index contributed by atoms with van der Waals surface area (Å²) < 4.78 is 10.6. The second-order valence-electron chi connectivity index (χ2n) is 9.16. The van der Waals surface area contributed by atoms with Crippen LogP contribution in [-0.4, -0.2) is 75.8 Å². The van der Waals surface area contributed by atoms with Crippen LogP contribution in [0.15, 0.2) is 36.7 Å². The van der Waals surface area contributed by atoms with E-state index in [1.54, 1.807) is 12.4 Å². The number of pyridine rings is 2. The summed E-state index contributed by atoms with van der Waals surface area (Å²) >= 11 is 0. The lowest BCUT2D eigenvalue weighted by Gasteiger charge is -2.21. The quantitative estimate of drug-likeness (QED) is 0.420. The number of nitrogens with two attached hydrogens (primary N) is 1. The molecule has 10 heteroatoms. The third-order valence-corrected chi connectivity index (χ3v) is 6.46. The van der Waals surface area contributed by atoms with Gasteiger partial charge in [-0.05, 0) is 55.4 Å². The molecule has 4 rings (SSSR count). The van der Waals surface area contributed by atoms with Gasteiger partial charge in [0.15, 0.2) is 6.10 Å². The Hall–Kier alpha value is -2.92. The molecule has 0 aromatic carbocycles. The van der Waals surface area contributed by atoms with E-state index in [9.17, 15) is 14.7 Å². The Bertz CT molecular complexity index is 877. The zero-order valence-corrected chi connectivity index (χ0v) is 20.3. The van der Waals surface area contributed by atoms with E-state index in [1.165, 1.54) is 0 Å². The molecule has 36 heavy (non-hydrogen) atoms. The maximum absolute atomic E-state index is 10.7. The van der Waals surface area contributed by atoms with Gasteiger partial charge in [-0.25, -0.2) is 4.79 Å². The number of rotatable bonds is 8.